The van der Waals surface area contributed by atoms with Crippen LogP contribution in [0.25, 0.3) is 0 Å². The van der Waals surface area contributed by atoms with Gasteiger partial charge in [-0.2, -0.15) is 0 Å². The lowest BCUT2D eigenvalue weighted by atomic mass is 9.96. The second-order valence-electron chi connectivity index (χ2n) is 7.37. The van der Waals surface area contributed by atoms with Crippen LogP contribution in [-0.4, -0.2) is 21.2 Å². The summed E-state index contributed by atoms with van der Waals surface area (Å²) in [6, 6.07) is 10.3. The molecular formula is C17H31NSi. The fraction of sp³-hybridized carbons (Fsp3) is 0.647. The van der Waals surface area contributed by atoms with Gasteiger partial charge in [0, 0.05) is 14.6 Å². The Bertz CT molecular complexity index is 379. The van der Waals surface area contributed by atoms with Crippen LogP contribution in [0.15, 0.2) is 24.3 Å². The normalized spacial score (nSPS) is 13.8. The molecular weight excluding hydrogens is 246 g/mol. The van der Waals surface area contributed by atoms with Crippen LogP contribution in [0.2, 0.25) is 25.7 Å². The molecule has 0 radical (unpaired) electrons. The predicted molar refractivity (Wildman–Crippen MR) is 89.8 cm³/mol. The SMILES string of the molecule is Cc1ccccc1C(CNCC(C)C)C[Si](C)(C)C. The fourth-order valence-electron chi connectivity index (χ4n) is 2.62. The summed E-state index contributed by atoms with van der Waals surface area (Å²) < 4.78 is 0. The Hall–Kier alpha value is -0.603. The minimum atomic E-state index is -1.04. The van der Waals surface area contributed by atoms with Crippen molar-refractivity contribution in [3.8, 4) is 0 Å². The zero-order chi connectivity index (χ0) is 14.5. The molecule has 19 heavy (non-hydrogen) atoms. The van der Waals surface area contributed by atoms with Gasteiger partial charge >= 0.3 is 0 Å². The van der Waals surface area contributed by atoms with E-state index in [-0.39, 0.29) is 0 Å². The van der Waals surface area contributed by atoms with Crippen molar-refractivity contribution in [1.82, 2.24) is 5.32 Å². The Labute approximate surface area is 120 Å². The third-order valence-electron chi connectivity index (χ3n) is 3.43. The van der Waals surface area contributed by atoms with Gasteiger partial charge in [-0.05, 0) is 42.5 Å². The lowest BCUT2D eigenvalue weighted by Crippen LogP contribution is -2.31. The molecule has 0 aliphatic carbocycles. The predicted octanol–water partition coefficient (Wildman–Crippen LogP) is 4.66. The molecule has 0 saturated heterocycles. The molecule has 1 unspecified atom stereocenters. The van der Waals surface area contributed by atoms with Gasteiger partial charge in [-0.3, -0.25) is 0 Å². The number of nitrogens with one attached hydrogen (secondary N) is 1. The highest BCUT2D eigenvalue weighted by Gasteiger charge is 2.22. The monoisotopic (exact) mass is 277 g/mol. The Balaban J connectivity index is 2.77. The van der Waals surface area contributed by atoms with Crippen LogP contribution in [0.4, 0.5) is 0 Å². The summed E-state index contributed by atoms with van der Waals surface area (Å²) in [4.78, 5) is 0. The van der Waals surface area contributed by atoms with E-state index in [2.05, 4.69) is 70.0 Å². The molecule has 0 aromatic heterocycles. The van der Waals surface area contributed by atoms with E-state index in [1.165, 1.54) is 11.6 Å². The molecule has 0 aliphatic rings. The van der Waals surface area contributed by atoms with Crippen molar-refractivity contribution >= 4 is 8.07 Å². The van der Waals surface area contributed by atoms with Crippen molar-refractivity contribution in [2.24, 2.45) is 5.92 Å². The first-order chi connectivity index (χ1) is 8.79. The molecule has 0 spiro atoms. The lowest BCUT2D eigenvalue weighted by Gasteiger charge is -2.27. The molecule has 1 nitrogen and oxygen atoms in total. The summed E-state index contributed by atoms with van der Waals surface area (Å²) >= 11 is 0. The summed E-state index contributed by atoms with van der Waals surface area (Å²) in [6.45, 7) is 16.4. The molecule has 0 amide bonds. The van der Waals surface area contributed by atoms with Gasteiger partial charge in [0.2, 0.25) is 0 Å². The van der Waals surface area contributed by atoms with Crippen LogP contribution in [0.3, 0.4) is 0 Å². The van der Waals surface area contributed by atoms with Crippen molar-refractivity contribution in [3.63, 3.8) is 0 Å². The molecule has 108 valence electrons. The first-order valence-electron chi connectivity index (χ1n) is 7.56. The Morgan fingerprint density at radius 2 is 1.68 bits per heavy atom. The highest BCUT2D eigenvalue weighted by Crippen LogP contribution is 2.28. The quantitative estimate of drug-likeness (QED) is 0.715. The van der Waals surface area contributed by atoms with Crippen LogP contribution in [0, 0.1) is 12.8 Å². The van der Waals surface area contributed by atoms with Crippen molar-refractivity contribution in [3.05, 3.63) is 35.4 Å². The number of aryl methyl sites for hydroxylation is 1. The third kappa shape index (κ3) is 6.39. The zero-order valence-electron chi connectivity index (χ0n) is 13.6. The average molecular weight is 278 g/mol. The Kier molecular flexibility index (Phi) is 6.28. The number of hydrogen-bond acceptors (Lipinski definition) is 1. The van der Waals surface area contributed by atoms with Crippen molar-refractivity contribution in [1.29, 1.82) is 0 Å². The Morgan fingerprint density at radius 1 is 1.05 bits per heavy atom. The van der Waals surface area contributed by atoms with Gasteiger partial charge in [0.05, 0.1) is 0 Å². The first-order valence-corrected chi connectivity index (χ1v) is 11.3. The molecule has 1 atom stereocenters. The number of hydrogen-bond donors (Lipinski definition) is 1. The molecule has 1 N–H and O–H groups in total. The fourth-order valence-corrected chi connectivity index (χ4v) is 4.47. The van der Waals surface area contributed by atoms with Crippen molar-refractivity contribution < 1.29 is 0 Å². The smallest absolute Gasteiger partial charge is 0.0449 e. The van der Waals surface area contributed by atoms with Gasteiger partial charge in [0.25, 0.3) is 0 Å². The van der Waals surface area contributed by atoms with E-state index in [0.717, 1.165) is 19.0 Å². The number of benzene rings is 1. The van der Waals surface area contributed by atoms with Crippen LogP contribution < -0.4 is 5.32 Å². The second kappa shape index (κ2) is 7.25. The molecule has 0 aliphatic heterocycles. The van der Waals surface area contributed by atoms with Crippen LogP contribution in [0.1, 0.15) is 30.9 Å². The highest BCUT2D eigenvalue weighted by atomic mass is 28.3. The van der Waals surface area contributed by atoms with Crippen LogP contribution >= 0.6 is 0 Å². The van der Waals surface area contributed by atoms with Gasteiger partial charge in [-0.1, -0.05) is 57.8 Å². The largest absolute Gasteiger partial charge is 0.316 e. The molecule has 2 heteroatoms. The number of rotatable bonds is 7. The van der Waals surface area contributed by atoms with Crippen molar-refractivity contribution in [2.45, 2.75) is 52.4 Å². The maximum Gasteiger partial charge on any atom is 0.0449 e. The maximum absolute atomic E-state index is 3.66. The summed E-state index contributed by atoms with van der Waals surface area (Å²) in [7, 11) is -1.04. The van der Waals surface area contributed by atoms with Crippen molar-refractivity contribution in [2.75, 3.05) is 13.1 Å². The van der Waals surface area contributed by atoms with E-state index in [1.54, 1.807) is 5.56 Å². The summed E-state index contributed by atoms with van der Waals surface area (Å²) in [5.74, 6) is 1.40. The highest BCUT2D eigenvalue weighted by molar-refractivity contribution is 6.76. The molecule has 0 bridgehead atoms. The molecule has 0 fully saturated rings. The molecule has 0 saturated carbocycles. The first kappa shape index (κ1) is 16.5. The minimum Gasteiger partial charge on any atom is -0.316 e. The van der Waals surface area contributed by atoms with E-state index < -0.39 is 8.07 Å². The average Bonchev–Trinajstić information content (AvgIpc) is 2.26. The summed E-state index contributed by atoms with van der Waals surface area (Å²) in [5.41, 5.74) is 2.98. The third-order valence-corrected chi connectivity index (χ3v) is 5.15. The van der Waals surface area contributed by atoms with Gasteiger partial charge < -0.3 is 5.32 Å². The standard InChI is InChI=1S/C17H31NSi/c1-14(2)11-18-12-16(13-19(4,5)6)17-10-8-7-9-15(17)3/h7-10,14,16,18H,11-13H2,1-6H3. The van der Waals surface area contributed by atoms with Gasteiger partial charge in [0.1, 0.15) is 0 Å². The van der Waals surface area contributed by atoms with E-state index in [1.807, 2.05) is 0 Å². The van der Waals surface area contributed by atoms with Gasteiger partial charge in [-0.25, -0.2) is 0 Å². The lowest BCUT2D eigenvalue weighted by molar-refractivity contribution is 0.526. The maximum atomic E-state index is 3.66. The van der Waals surface area contributed by atoms with E-state index in [4.69, 9.17) is 0 Å². The summed E-state index contributed by atoms with van der Waals surface area (Å²) in [6.07, 6.45) is 0. The molecule has 1 rings (SSSR count). The van der Waals surface area contributed by atoms with Gasteiger partial charge in [-0.15, -0.1) is 0 Å². The van der Waals surface area contributed by atoms with Crippen LogP contribution in [0.5, 0.6) is 0 Å². The Morgan fingerprint density at radius 3 is 2.21 bits per heavy atom. The molecule has 1 aromatic rings. The van der Waals surface area contributed by atoms with Crippen LogP contribution in [-0.2, 0) is 0 Å². The summed E-state index contributed by atoms with van der Waals surface area (Å²) in [5, 5.41) is 3.66. The van der Waals surface area contributed by atoms with E-state index in [0.29, 0.717) is 5.92 Å². The van der Waals surface area contributed by atoms with Gasteiger partial charge in [0.15, 0.2) is 0 Å². The van der Waals surface area contributed by atoms with E-state index >= 15 is 0 Å². The van der Waals surface area contributed by atoms with E-state index in [9.17, 15) is 0 Å². The minimum absolute atomic E-state index is 0.673. The topological polar surface area (TPSA) is 12.0 Å². The molecule has 0 heterocycles. The second-order valence-corrected chi connectivity index (χ2v) is 12.9. The molecule has 1 aromatic carbocycles. The zero-order valence-corrected chi connectivity index (χ0v) is 14.6.